The third-order valence-electron chi connectivity index (χ3n) is 4.93. The molecular weight excluding hydrogens is 478 g/mol. The van der Waals surface area contributed by atoms with E-state index in [1.54, 1.807) is 6.07 Å². The van der Waals surface area contributed by atoms with Crippen LogP contribution < -0.4 is 10.9 Å². The third kappa shape index (κ3) is 5.03. The molecule has 0 aliphatic carbocycles. The molecule has 2 aromatic heterocycles. The molecule has 172 valence electrons. The van der Waals surface area contributed by atoms with Crippen LogP contribution in [0, 0.1) is 17.0 Å². The topological polar surface area (TPSA) is 120 Å². The second kappa shape index (κ2) is 9.94. The van der Waals surface area contributed by atoms with Gasteiger partial charge in [-0.05, 0) is 25.1 Å². The highest BCUT2D eigenvalue weighted by atomic mass is 35.5. The van der Waals surface area contributed by atoms with E-state index >= 15 is 0 Å². The zero-order valence-corrected chi connectivity index (χ0v) is 19.5. The van der Waals surface area contributed by atoms with Crippen molar-refractivity contribution < 1.29 is 9.72 Å². The molecule has 0 unspecified atom stereocenters. The van der Waals surface area contributed by atoms with Crippen LogP contribution in [0.4, 0.5) is 5.69 Å². The van der Waals surface area contributed by atoms with Crippen LogP contribution in [0.5, 0.6) is 0 Å². The van der Waals surface area contributed by atoms with Crippen molar-refractivity contribution in [2.75, 3.05) is 6.54 Å². The Labute approximate surface area is 202 Å². The number of carbonyl (C=O) groups excluding carboxylic acids is 1. The highest BCUT2D eigenvalue weighted by Gasteiger charge is 2.20. The maximum absolute atomic E-state index is 12.5. The van der Waals surface area contributed by atoms with Crippen LogP contribution in [0.3, 0.4) is 0 Å². The van der Waals surface area contributed by atoms with Gasteiger partial charge in [-0.3, -0.25) is 19.7 Å². The van der Waals surface area contributed by atoms with Crippen molar-refractivity contribution in [2.45, 2.75) is 13.5 Å². The lowest BCUT2D eigenvalue weighted by Gasteiger charge is -2.09. The summed E-state index contributed by atoms with van der Waals surface area (Å²) in [7, 11) is 0. The van der Waals surface area contributed by atoms with Crippen molar-refractivity contribution in [2.24, 2.45) is 0 Å². The monoisotopic (exact) mass is 495 g/mol. The molecule has 0 saturated heterocycles. The first-order valence-corrected chi connectivity index (χ1v) is 11.4. The second-order valence-electron chi connectivity index (χ2n) is 7.25. The van der Waals surface area contributed by atoms with E-state index in [0.717, 1.165) is 21.1 Å². The van der Waals surface area contributed by atoms with Gasteiger partial charge < -0.3 is 5.32 Å². The van der Waals surface area contributed by atoms with Crippen LogP contribution in [-0.4, -0.2) is 32.1 Å². The number of amides is 1. The molecule has 0 atom stereocenters. The molecule has 0 bridgehead atoms. The number of nitro groups is 1. The normalized spacial score (nSPS) is 10.8. The largest absolute Gasteiger partial charge is 0.350 e. The Bertz CT molecular complexity index is 1440. The molecule has 0 aliphatic heterocycles. The maximum Gasteiger partial charge on any atom is 0.282 e. The Morgan fingerprint density at radius 1 is 1.18 bits per heavy atom. The van der Waals surface area contributed by atoms with Gasteiger partial charge in [0.1, 0.15) is 16.3 Å². The lowest BCUT2D eigenvalue weighted by molar-refractivity contribution is -0.385. The lowest BCUT2D eigenvalue weighted by Crippen LogP contribution is -2.32. The number of aryl methyl sites for hydroxylation is 1. The van der Waals surface area contributed by atoms with Crippen LogP contribution in [0.15, 0.2) is 65.5 Å². The van der Waals surface area contributed by atoms with Gasteiger partial charge in [0.25, 0.3) is 17.2 Å². The van der Waals surface area contributed by atoms with Gasteiger partial charge in [-0.15, -0.1) is 11.3 Å². The first-order valence-electron chi connectivity index (χ1n) is 10.2. The molecule has 0 radical (unpaired) electrons. The maximum atomic E-state index is 12.5. The number of hydrogen-bond donors (Lipinski definition) is 1. The van der Waals surface area contributed by atoms with E-state index in [9.17, 15) is 19.7 Å². The molecular formula is C23H18ClN5O4S. The van der Waals surface area contributed by atoms with Crippen molar-refractivity contribution in [3.05, 3.63) is 97.4 Å². The molecule has 9 nitrogen and oxygen atoms in total. The van der Waals surface area contributed by atoms with Crippen molar-refractivity contribution in [1.82, 2.24) is 20.1 Å². The SMILES string of the molecule is Cc1nc(-c2ccccc2)sc1-c1ccc(=O)n(CCNC(=O)c2cc(Cl)ccc2[N+](=O)[O-])n1. The zero-order chi connectivity index (χ0) is 24.2. The molecule has 34 heavy (non-hydrogen) atoms. The van der Waals surface area contributed by atoms with Crippen molar-refractivity contribution in [3.8, 4) is 21.1 Å². The fourth-order valence-corrected chi connectivity index (χ4v) is 4.50. The van der Waals surface area contributed by atoms with Gasteiger partial charge in [-0.2, -0.15) is 5.10 Å². The number of carbonyl (C=O) groups is 1. The van der Waals surface area contributed by atoms with Crippen LogP contribution >= 0.6 is 22.9 Å². The van der Waals surface area contributed by atoms with Gasteiger partial charge in [0.15, 0.2) is 0 Å². The minimum atomic E-state index is -0.663. The Morgan fingerprint density at radius 3 is 2.68 bits per heavy atom. The molecule has 4 rings (SSSR count). The average molecular weight is 496 g/mol. The first-order chi connectivity index (χ1) is 16.3. The highest BCUT2D eigenvalue weighted by molar-refractivity contribution is 7.18. The van der Waals surface area contributed by atoms with Crippen molar-refractivity contribution in [3.63, 3.8) is 0 Å². The smallest absolute Gasteiger partial charge is 0.282 e. The molecule has 4 aromatic rings. The fourth-order valence-electron chi connectivity index (χ4n) is 3.29. The van der Waals surface area contributed by atoms with E-state index in [0.29, 0.717) is 5.69 Å². The van der Waals surface area contributed by atoms with E-state index in [1.807, 2.05) is 37.3 Å². The summed E-state index contributed by atoms with van der Waals surface area (Å²) in [6, 6.07) is 16.6. The minimum absolute atomic E-state index is 0.0375. The summed E-state index contributed by atoms with van der Waals surface area (Å²) < 4.78 is 1.24. The molecule has 0 saturated carbocycles. The third-order valence-corrected chi connectivity index (χ3v) is 6.39. The quantitative estimate of drug-likeness (QED) is 0.301. The van der Waals surface area contributed by atoms with Crippen LogP contribution in [0.25, 0.3) is 21.1 Å². The van der Waals surface area contributed by atoms with Gasteiger partial charge in [0.05, 0.1) is 22.0 Å². The number of hydrogen-bond acceptors (Lipinski definition) is 7. The van der Waals surface area contributed by atoms with E-state index < -0.39 is 10.8 Å². The van der Waals surface area contributed by atoms with E-state index in [4.69, 9.17) is 11.6 Å². The molecule has 2 heterocycles. The summed E-state index contributed by atoms with van der Waals surface area (Å²) in [6.45, 7) is 2.00. The number of benzene rings is 2. The van der Waals surface area contributed by atoms with Gasteiger partial charge in [0, 0.05) is 29.3 Å². The molecule has 0 aliphatic rings. The number of thiazole rings is 1. The molecule has 0 fully saturated rings. The number of rotatable bonds is 7. The standard InChI is InChI=1S/C23H18ClN5O4S/c1-14-21(34-23(26-14)15-5-3-2-4-6-15)18-8-10-20(30)28(27-18)12-11-25-22(31)17-13-16(24)7-9-19(17)29(32)33/h2-10,13H,11-12H2,1H3,(H,25,31). The Balaban J connectivity index is 1.51. The number of nitrogens with zero attached hydrogens (tertiary/aromatic N) is 4. The second-order valence-corrected chi connectivity index (χ2v) is 8.69. The molecule has 1 N–H and O–H groups in total. The predicted molar refractivity (Wildman–Crippen MR) is 130 cm³/mol. The Hall–Kier alpha value is -3.89. The average Bonchev–Trinajstić information content (AvgIpc) is 3.22. The van der Waals surface area contributed by atoms with Gasteiger partial charge >= 0.3 is 0 Å². The van der Waals surface area contributed by atoms with E-state index in [2.05, 4.69) is 15.4 Å². The summed E-state index contributed by atoms with van der Waals surface area (Å²) in [6.07, 6.45) is 0. The highest BCUT2D eigenvalue weighted by Crippen LogP contribution is 2.33. The summed E-state index contributed by atoms with van der Waals surface area (Å²) in [5.74, 6) is -0.663. The summed E-state index contributed by atoms with van der Waals surface area (Å²) in [4.78, 5) is 40.8. The van der Waals surface area contributed by atoms with Crippen LogP contribution in [-0.2, 0) is 6.54 Å². The Morgan fingerprint density at radius 2 is 1.94 bits per heavy atom. The zero-order valence-electron chi connectivity index (χ0n) is 17.9. The van der Waals surface area contributed by atoms with Crippen molar-refractivity contribution >= 4 is 34.5 Å². The lowest BCUT2D eigenvalue weighted by atomic mass is 10.1. The Kier molecular flexibility index (Phi) is 6.80. The van der Waals surface area contributed by atoms with Crippen LogP contribution in [0.1, 0.15) is 16.1 Å². The molecule has 0 spiro atoms. The van der Waals surface area contributed by atoms with Crippen LogP contribution in [0.2, 0.25) is 5.02 Å². The van der Waals surface area contributed by atoms with Crippen molar-refractivity contribution in [1.29, 1.82) is 0 Å². The fraction of sp³-hybridized carbons (Fsp3) is 0.130. The summed E-state index contributed by atoms with van der Waals surface area (Å²) in [5.41, 5.74) is 1.54. The number of aromatic nitrogens is 3. The molecule has 1 amide bonds. The summed E-state index contributed by atoms with van der Waals surface area (Å²) in [5, 5.41) is 19.3. The number of nitrogens with one attached hydrogen (secondary N) is 1. The van der Waals surface area contributed by atoms with Gasteiger partial charge in [0.2, 0.25) is 0 Å². The number of nitro benzene ring substituents is 1. The van der Waals surface area contributed by atoms with Gasteiger partial charge in [-0.25, -0.2) is 9.67 Å². The number of halogens is 1. The summed E-state index contributed by atoms with van der Waals surface area (Å²) >= 11 is 7.36. The van der Waals surface area contributed by atoms with Gasteiger partial charge in [-0.1, -0.05) is 41.9 Å². The molecule has 2 aromatic carbocycles. The minimum Gasteiger partial charge on any atom is -0.350 e. The first kappa shape index (κ1) is 23.3. The van der Waals surface area contributed by atoms with E-state index in [-0.39, 0.29) is 34.9 Å². The van der Waals surface area contributed by atoms with E-state index in [1.165, 1.54) is 40.3 Å². The molecule has 11 heteroatoms. The predicted octanol–water partition coefficient (Wildman–Crippen LogP) is 4.33.